The van der Waals surface area contributed by atoms with Gasteiger partial charge in [-0.15, -0.1) is 5.10 Å². The van der Waals surface area contributed by atoms with Crippen LogP contribution >= 0.6 is 0 Å². The molecule has 0 aromatic carbocycles. The molecule has 0 fully saturated rings. The van der Waals surface area contributed by atoms with Gasteiger partial charge in [-0.3, -0.25) is 0 Å². The summed E-state index contributed by atoms with van der Waals surface area (Å²) in [4.78, 5) is 0. The lowest BCUT2D eigenvalue weighted by atomic mass is 9.98. The summed E-state index contributed by atoms with van der Waals surface area (Å²) in [5.41, 5.74) is -0.167. The maximum atomic E-state index is 10.1. The van der Waals surface area contributed by atoms with Gasteiger partial charge in [0.1, 0.15) is 5.69 Å². The Labute approximate surface area is 96.1 Å². The van der Waals surface area contributed by atoms with Crippen molar-refractivity contribution in [3.8, 4) is 0 Å². The van der Waals surface area contributed by atoms with E-state index in [1.54, 1.807) is 10.9 Å². The molecule has 2 N–H and O–H groups in total. The quantitative estimate of drug-likeness (QED) is 0.767. The Hall–Kier alpha value is -0.940. The van der Waals surface area contributed by atoms with Crippen LogP contribution in [0, 0.1) is 0 Å². The van der Waals surface area contributed by atoms with Gasteiger partial charge in [-0.2, -0.15) is 0 Å². The van der Waals surface area contributed by atoms with Crippen LogP contribution in [-0.4, -0.2) is 30.8 Å². The third kappa shape index (κ3) is 3.02. The standard InChI is InChI=1S/C11H21N3O2/c1-4-10(15)9-7-14(13-12-9)8-11(16,5-2)6-3/h7,10,15-16H,4-6,8H2,1-3H3. The molecular formula is C11H21N3O2. The van der Waals surface area contributed by atoms with E-state index in [9.17, 15) is 10.2 Å². The van der Waals surface area contributed by atoms with Crippen molar-refractivity contribution in [1.82, 2.24) is 15.0 Å². The number of hydrogen-bond donors (Lipinski definition) is 2. The van der Waals surface area contributed by atoms with E-state index in [0.29, 0.717) is 31.5 Å². The molecule has 0 aliphatic rings. The minimum atomic E-state index is -0.734. The van der Waals surface area contributed by atoms with E-state index in [0.717, 1.165) is 0 Å². The van der Waals surface area contributed by atoms with Crippen LogP contribution in [-0.2, 0) is 6.54 Å². The van der Waals surface area contributed by atoms with Gasteiger partial charge in [0.15, 0.2) is 0 Å². The summed E-state index contributed by atoms with van der Waals surface area (Å²) in [6.45, 7) is 6.20. The van der Waals surface area contributed by atoms with Gasteiger partial charge in [-0.25, -0.2) is 4.68 Å². The smallest absolute Gasteiger partial charge is 0.111 e. The highest BCUT2D eigenvalue weighted by molar-refractivity contribution is 4.97. The van der Waals surface area contributed by atoms with Crippen LogP contribution in [0.3, 0.4) is 0 Å². The zero-order valence-corrected chi connectivity index (χ0v) is 10.2. The van der Waals surface area contributed by atoms with Gasteiger partial charge < -0.3 is 10.2 Å². The van der Waals surface area contributed by atoms with Crippen LogP contribution in [0.2, 0.25) is 0 Å². The van der Waals surface area contributed by atoms with Crippen molar-refractivity contribution in [3.63, 3.8) is 0 Å². The Morgan fingerprint density at radius 3 is 2.50 bits per heavy atom. The minimum absolute atomic E-state index is 0.420. The van der Waals surface area contributed by atoms with E-state index in [-0.39, 0.29) is 0 Å². The first-order valence-corrected chi connectivity index (χ1v) is 5.85. The topological polar surface area (TPSA) is 71.2 Å². The lowest BCUT2D eigenvalue weighted by molar-refractivity contribution is 0.0114. The minimum Gasteiger partial charge on any atom is -0.388 e. The predicted molar refractivity (Wildman–Crippen MR) is 60.8 cm³/mol. The van der Waals surface area contributed by atoms with Crippen LogP contribution < -0.4 is 0 Å². The molecule has 0 aliphatic carbocycles. The first kappa shape index (κ1) is 13.1. The molecule has 0 spiro atoms. The average Bonchev–Trinajstić information content (AvgIpc) is 2.76. The van der Waals surface area contributed by atoms with Gasteiger partial charge in [-0.1, -0.05) is 26.0 Å². The predicted octanol–water partition coefficient (Wildman–Crippen LogP) is 1.27. The monoisotopic (exact) mass is 227 g/mol. The fourth-order valence-corrected chi connectivity index (χ4v) is 1.53. The lowest BCUT2D eigenvalue weighted by Crippen LogP contribution is -2.32. The van der Waals surface area contributed by atoms with Crippen molar-refractivity contribution in [2.24, 2.45) is 0 Å². The van der Waals surface area contributed by atoms with Crippen molar-refractivity contribution in [2.45, 2.75) is 58.3 Å². The van der Waals surface area contributed by atoms with Crippen LogP contribution in [0.15, 0.2) is 6.20 Å². The molecule has 0 amide bonds. The summed E-state index contributed by atoms with van der Waals surface area (Å²) in [6.07, 6.45) is 3.10. The normalized spacial score (nSPS) is 14.1. The molecule has 5 nitrogen and oxygen atoms in total. The number of aliphatic hydroxyl groups excluding tert-OH is 1. The van der Waals surface area contributed by atoms with Crippen molar-refractivity contribution >= 4 is 0 Å². The van der Waals surface area contributed by atoms with Gasteiger partial charge in [-0.05, 0) is 19.3 Å². The number of nitrogens with zero attached hydrogens (tertiary/aromatic N) is 3. The van der Waals surface area contributed by atoms with Gasteiger partial charge in [0, 0.05) is 0 Å². The Kier molecular flexibility index (Phi) is 4.44. The van der Waals surface area contributed by atoms with Crippen LogP contribution in [0.4, 0.5) is 0 Å². The van der Waals surface area contributed by atoms with Crippen molar-refractivity contribution in [2.75, 3.05) is 0 Å². The highest BCUT2D eigenvalue weighted by Gasteiger charge is 2.23. The molecule has 92 valence electrons. The van der Waals surface area contributed by atoms with Crippen molar-refractivity contribution in [1.29, 1.82) is 0 Å². The maximum Gasteiger partial charge on any atom is 0.111 e. The van der Waals surface area contributed by atoms with Crippen molar-refractivity contribution in [3.05, 3.63) is 11.9 Å². The first-order chi connectivity index (χ1) is 7.54. The van der Waals surface area contributed by atoms with E-state index < -0.39 is 11.7 Å². The van der Waals surface area contributed by atoms with E-state index >= 15 is 0 Å². The maximum absolute atomic E-state index is 10.1. The number of aliphatic hydroxyl groups is 2. The SMILES string of the molecule is CCC(O)c1cn(CC(O)(CC)CC)nn1. The van der Waals surface area contributed by atoms with Gasteiger partial charge in [0.25, 0.3) is 0 Å². The van der Waals surface area contributed by atoms with Gasteiger partial charge in [0.2, 0.25) is 0 Å². The Morgan fingerprint density at radius 1 is 1.38 bits per heavy atom. The molecule has 0 saturated carbocycles. The Balaban J connectivity index is 2.71. The largest absolute Gasteiger partial charge is 0.388 e. The number of aromatic nitrogens is 3. The third-order valence-electron chi connectivity index (χ3n) is 3.06. The van der Waals surface area contributed by atoms with Gasteiger partial charge in [0.05, 0.1) is 24.4 Å². The summed E-state index contributed by atoms with van der Waals surface area (Å²) in [7, 11) is 0. The van der Waals surface area contributed by atoms with Crippen molar-refractivity contribution < 1.29 is 10.2 Å². The zero-order valence-electron chi connectivity index (χ0n) is 10.2. The second-order valence-electron chi connectivity index (χ2n) is 4.20. The Morgan fingerprint density at radius 2 is 2.00 bits per heavy atom. The summed E-state index contributed by atoms with van der Waals surface area (Å²) in [5, 5.41) is 27.5. The van der Waals surface area contributed by atoms with E-state index in [4.69, 9.17) is 0 Å². The third-order valence-corrected chi connectivity index (χ3v) is 3.06. The number of rotatable bonds is 6. The molecule has 1 unspecified atom stereocenters. The number of hydrogen-bond acceptors (Lipinski definition) is 4. The molecule has 1 rings (SSSR count). The summed E-state index contributed by atoms with van der Waals surface area (Å²) < 4.78 is 1.60. The molecule has 16 heavy (non-hydrogen) atoms. The van der Waals surface area contributed by atoms with E-state index in [2.05, 4.69) is 10.3 Å². The summed E-state index contributed by atoms with van der Waals surface area (Å²) >= 11 is 0. The lowest BCUT2D eigenvalue weighted by Gasteiger charge is -2.24. The highest BCUT2D eigenvalue weighted by atomic mass is 16.3. The molecule has 1 aromatic heterocycles. The molecule has 0 saturated heterocycles. The Bertz CT molecular complexity index is 321. The molecular weight excluding hydrogens is 206 g/mol. The first-order valence-electron chi connectivity index (χ1n) is 5.85. The summed E-state index contributed by atoms with van der Waals surface area (Å²) in [6, 6.07) is 0. The molecule has 1 aromatic rings. The average molecular weight is 227 g/mol. The van der Waals surface area contributed by atoms with Gasteiger partial charge >= 0.3 is 0 Å². The molecule has 0 aliphatic heterocycles. The molecule has 5 heteroatoms. The fraction of sp³-hybridized carbons (Fsp3) is 0.818. The van der Waals surface area contributed by atoms with E-state index in [1.165, 1.54) is 0 Å². The molecule has 1 heterocycles. The second kappa shape index (κ2) is 5.41. The molecule has 1 atom stereocenters. The molecule has 0 radical (unpaired) electrons. The van der Waals surface area contributed by atoms with E-state index in [1.807, 2.05) is 20.8 Å². The van der Waals surface area contributed by atoms with Crippen LogP contribution in [0.5, 0.6) is 0 Å². The molecule has 0 bridgehead atoms. The van der Waals surface area contributed by atoms with Crippen LogP contribution in [0.1, 0.15) is 51.8 Å². The highest BCUT2D eigenvalue weighted by Crippen LogP contribution is 2.18. The summed E-state index contributed by atoms with van der Waals surface area (Å²) in [5.74, 6) is 0. The second-order valence-corrected chi connectivity index (χ2v) is 4.20. The zero-order chi connectivity index (χ0) is 12.2. The fourth-order valence-electron chi connectivity index (χ4n) is 1.53. The van der Waals surface area contributed by atoms with Crippen LogP contribution in [0.25, 0.3) is 0 Å².